The molecule has 0 saturated heterocycles. The van der Waals surface area contributed by atoms with E-state index in [0.29, 0.717) is 5.71 Å². The summed E-state index contributed by atoms with van der Waals surface area (Å²) in [7, 11) is 0. The Hall–Kier alpha value is -1.91. The van der Waals surface area contributed by atoms with E-state index in [4.69, 9.17) is 9.57 Å². The Morgan fingerprint density at radius 2 is 2.22 bits per heavy atom. The molecule has 0 spiro atoms. The lowest BCUT2D eigenvalue weighted by atomic mass is 9.86. The fraction of sp³-hybridized carbons (Fsp3) is 0.462. The first-order valence-electron chi connectivity index (χ1n) is 5.87. The number of allylic oxidation sites excluding steroid dienone is 2. The molecule has 2 aliphatic rings. The maximum Gasteiger partial charge on any atom is 0.379 e. The number of amidine groups is 1. The first-order valence-corrected chi connectivity index (χ1v) is 5.87. The van der Waals surface area contributed by atoms with E-state index in [1.54, 1.807) is 6.92 Å². The molecule has 0 bridgehead atoms. The van der Waals surface area contributed by atoms with E-state index < -0.39 is 11.6 Å². The Morgan fingerprint density at radius 3 is 2.89 bits per heavy atom. The van der Waals surface area contributed by atoms with Crippen LogP contribution in [-0.2, 0) is 14.4 Å². The van der Waals surface area contributed by atoms with Gasteiger partial charge in [-0.2, -0.15) is 0 Å². The van der Waals surface area contributed by atoms with Gasteiger partial charge in [0, 0.05) is 0 Å². The highest BCUT2D eigenvalue weighted by Gasteiger charge is 2.38. The lowest BCUT2D eigenvalue weighted by Gasteiger charge is -2.32. The van der Waals surface area contributed by atoms with Crippen molar-refractivity contribution >= 4 is 17.5 Å². The zero-order valence-corrected chi connectivity index (χ0v) is 11.0. The molecule has 0 aromatic carbocycles. The molecule has 1 aliphatic heterocycles. The molecule has 1 heterocycles. The van der Waals surface area contributed by atoms with Crippen molar-refractivity contribution in [3.63, 3.8) is 0 Å². The van der Waals surface area contributed by atoms with E-state index in [1.807, 2.05) is 32.9 Å². The van der Waals surface area contributed by atoms with E-state index in [2.05, 4.69) is 10.1 Å². The number of hydrogen-bond acceptors (Lipinski definition) is 5. The van der Waals surface area contributed by atoms with Crippen molar-refractivity contribution in [2.24, 2.45) is 10.1 Å². The van der Waals surface area contributed by atoms with Crippen LogP contribution in [0.25, 0.3) is 0 Å². The van der Waals surface area contributed by atoms with E-state index in [9.17, 15) is 4.79 Å². The van der Waals surface area contributed by atoms with Crippen molar-refractivity contribution in [1.29, 1.82) is 0 Å². The molecule has 5 nitrogen and oxygen atoms in total. The maximum absolute atomic E-state index is 11.6. The third-order valence-corrected chi connectivity index (χ3v) is 2.79. The van der Waals surface area contributed by atoms with Crippen LogP contribution in [0.2, 0.25) is 0 Å². The van der Waals surface area contributed by atoms with Crippen LogP contribution in [0.4, 0.5) is 0 Å². The molecular formula is C13H16N2O3. The standard InChI is InChI=1S/C13H16N2O3/c1-5-17-12(16)11-14-10-9(3)6-8(2)7-13(10,4)18-15-11/h6-7H,5H2,1-4H3. The number of oxime groups is 1. The maximum atomic E-state index is 11.6. The predicted molar refractivity (Wildman–Crippen MR) is 68.5 cm³/mol. The second-order valence-electron chi connectivity index (χ2n) is 4.51. The van der Waals surface area contributed by atoms with Crippen LogP contribution in [-0.4, -0.2) is 29.7 Å². The summed E-state index contributed by atoms with van der Waals surface area (Å²) in [6, 6.07) is 0. The van der Waals surface area contributed by atoms with Crippen molar-refractivity contribution < 1.29 is 14.4 Å². The summed E-state index contributed by atoms with van der Waals surface area (Å²) in [4.78, 5) is 21.3. The minimum atomic E-state index is -0.696. The Kier molecular flexibility index (Phi) is 3.07. The second-order valence-corrected chi connectivity index (χ2v) is 4.51. The molecule has 0 N–H and O–H groups in total. The summed E-state index contributed by atoms with van der Waals surface area (Å²) in [5.41, 5.74) is 2.06. The topological polar surface area (TPSA) is 60.2 Å². The molecule has 0 fully saturated rings. The Morgan fingerprint density at radius 1 is 1.50 bits per heavy atom. The predicted octanol–water partition coefficient (Wildman–Crippen LogP) is 2.00. The van der Waals surface area contributed by atoms with Gasteiger partial charge in [0.25, 0.3) is 5.84 Å². The summed E-state index contributed by atoms with van der Waals surface area (Å²) in [6.45, 7) is 7.81. The highest BCUT2D eigenvalue weighted by molar-refractivity contribution is 6.39. The molecule has 0 radical (unpaired) electrons. The van der Waals surface area contributed by atoms with Crippen LogP contribution >= 0.6 is 0 Å². The van der Waals surface area contributed by atoms with E-state index in [-0.39, 0.29) is 12.4 Å². The summed E-state index contributed by atoms with van der Waals surface area (Å²) in [5, 5.41) is 3.76. The Bertz CT molecular complexity index is 514. The summed E-state index contributed by atoms with van der Waals surface area (Å²) in [5.74, 6) is -0.601. The van der Waals surface area contributed by atoms with E-state index >= 15 is 0 Å². The van der Waals surface area contributed by atoms with Crippen molar-refractivity contribution in [1.82, 2.24) is 0 Å². The van der Waals surface area contributed by atoms with Gasteiger partial charge in [-0.1, -0.05) is 16.8 Å². The Balaban J connectivity index is 2.35. The average Bonchev–Trinajstić information content (AvgIpc) is 2.27. The second kappa shape index (κ2) is 4.40. The number of nitrogens with zero attached hydrogens (tertiary/aromatic N) is 2. The first-order chi connectivity index (χ1) is 8.46. The quantitative estimate of drug-likeness (QED) is 0.702. The fourth-order valence-electron chi connectivity index (χ4n) is 2.16. The molecule has 18 heavy (non-hydrogen) atoms. The normalized spacial score (nSPS) is 26.0. The van der Waals surface area contributed by atoms with Crippen molar-refractivity contribution in [2.45, 2.75) is 33.3 Å². The molecule has 0 amide bonds. The first kappa shape index (κ1) is 12.5. The molecule has 96 valence electrons. The van der Waals surface area contributed by atoms with Crippen LogP contribution in [0.5, 0.6) is 0 Å². The third-order valence-electron chi connectivity index (χ3n) is 2.79. The summed E-state index contributed by atoms with van der Waals surface area (Å²) < 4.78 is 4.86. The lowest BCUT2D eigenvalue weighted by Crippen LogP contribution is -2.42. The molecule has 0 aromatic heterocycles. The van der Waals surface area contributed by atoms with Gasteiger partial charge in [-0.25, -0.2) is 9.79 Å². The summed E-state index contributed by atoms with van der Waals surface area (Å²) in [6.07, 6.45) is 3.93. The van der Waals surface area contributed by atoms with Crippen molar-refractivity contribution in [3.05, 3.63) is 23.3 Å². The number of hydrogen-bond donors (Lipinski definition) is 0. The Labute approximate surface area is 106 Å². The van der Waals surface area contributed by atoms with Gasteiger partial charge in [-0.15, -0.1) is 0 Å². The van der Waals surface area contributed by atoms with E-state index in [1.165, 1.54) is 0 Å². The number of aliphatic imine (C=N–C) groups is 1. The van der Waals surface area contributed by atoms with Gasteiger partial charge in [0.1, 0.15) is 0 Å². The van der Waals surface area contributed by atoms with Gasteiger partial charge in [0.2, 0.25) is 0 Å². The highest BCUT2D eigenvalue weighted by atomic mass is 16.7. The molecule has 0 aromatic rings. The number of esters is 1. The van der Waals surface area contributed by atoms with Gasteiger partial charge in [-0.3, -0.25) is 0 Å². The zero-order chi connectivity index (χ0) is 13.3. The largest absolute Gasteiger partial charge is 0.460 e. The molecule has 1 aliphatic carbocycles. The van der Waals surface area contributed by atoms with Gasteiger partial charge < -0.3 is 9.57 Å². The number of rotatable bonds is 2. The number of fused-ring (bicyclic) bond motifs is 1. The van der Waals surface area contributed by atoms with E-state index in [0.717, 1.165) is 11.1 Å². The molecule has 2 rings (SSSR count). The SMILES string of the molecule is CCOC(=O)C1=NOC2(C)C=C(C)C=C(C)C2=N1. The zero-order valence-electron chi connectivity index (χ0n) is 11.0. The molecular weight excluding hydrogens is 232 g/mol. The molecule has 1 atom stereocenters. The molecule has 0 saturated carbocycles. The number of carbonyl (C=O) groups is 1. The highest BCUT2D eigenvalue weighted by Crippen LogP contribution is 2.30. The number of ether oxygens (including phenoxy) is 1. The van der Waals surface area contributed by atoms with Crippen LogP contribution < -0.4 is 0 Å². The smallest absolute Gasteiger partial charge is 0.379 e. The molecule has 5 heteroatoms. The minimum Gasteiger partial charge on any atom is -0.460 e. The molecule has 1 unspecified atom stereocenters. The van der Waals surface area contributed by atoms with Gasteiger partial charge in [-0.05, 0) is 39.3 Å². The monoisotopic (exact) mass is 248 g/mol. The number of carbonyl (C=O) groups excluding carboxylic acids is 1. The van der Waals surface area contributed by atoms with Crippen LogP contribution in [0.1, 0.15) is 27.7 Å². The lowest BCUT2D eigenvalue weighted by molar-refractivity contribution is -0.135. The summed E-state index contributed by atoms with van der Waals surface area (Å²) >= 11 is 0. The van der Waals surface area contributed by atoms with Gasteiger partial charge >= 0.3 is 5.97 Å². The van der Waals surface area contributed by atoms with Crippen LogP contribution in [0.3, 0.4) is 0 Å². The fourth-order valence-corrected chi connectivity index (χ4v) is 2.16. The van der Waals surface area contributed by atoms with Crippen LogP contribution in [0.15, 0.2) is 33.4 Å². The van der Waals surface area contributed by atoms with Crippen molar-refractivity contribution in [2.75, 3.05) is 6.61 Å². The van der Waals surface area contributed by atoms with Crippen LogP contribution in [0, 0.1) is 0 Å². The van der Waals surface area contributed by atoms with Gasteiger partial charge in [0.05, 0.1) is 12.3 Å². The minimum absolute atomic E-state index is 0.0370. The average molecular weight is 248 g/mol. The van der Waals surface area contributed by atoms with Gasteiger partial charge in [0.15, 0.2) is 5.60 Å². The third kappa shape index (κ3) is 2.08. The van der Waals surface area contributed by atoms with Crippen molar-refractivity contribution in [3.8, 4) is 0 Å².